The Balaban J connectivity index is 3.29. The van der Waals surface area contributed by atoms with Crippen LogP contribution in [-0.4, -0.2) is 5.71 Å². The van der Waals surface area contributed by atoms with E-state index in [0.717, 1.165) is 22.5 Å². The molecule has 0 atom stereocenters. The molecule has 1 aromatic carbocycles. The van der Waals surface area contributed by atoms with Crippen LogP contribution in [0.4, 0.5) is 10.1 Å². The Morgan fingerprint density at radius 3 is 2.00 bits per heavy atom. The van der Waals surface area contributed by atoms with Gasteiger partial charge >= 0.3 is 0 Å². The second-order valence-corrected chi connectivity index (χ2v) is 3.45. The maximum atomic E-state index is 12.9. The average molecular weight is 179 g/mol. The third-order valence-corrected chi connectivity index (χ3v) is 1.79. The molecule has 13 heavy (non-hydrogen) atoms. The second kappa shape index (κ2) is 3.69. The number of aliphatic imine (C=N–C) groups is 1. The van der Waals surface area contributed by atoms with Gasteiger partial charge in [0.15, 0.2) is 0 Å². The van der Waals surface area contributed by atoms with Crippen molar-refractivity contribution in [3.8, 4) is 0 Å². The fraction of sp³-hybridized carbons (Fsp3) is 0.364. The summed E-state index contributed by atoms with van der Waals surface area (Å²) in [7, 11) is 0. The van der Waals surface area contributed by atoms with Gasteiger partial charge in [-0.25, -0.2) is 4.39 Å². The SMILES string of the molecule is CC(C)=Nc1c(C)cc(F)cc1C. The molecule has 1 rings (SSSR count). The van der Waals surface area contributed by atoms with Gasteiger partial charge in [-0.1, -0.05) is 0 Å². The van der Waals surface area contributed by atoms with Crippen LogP contribution in [0.2, 0.25) is 0 Å². The van der Waals surface area contributed by atoms with Crippen molar-refractivity contribution in [2.24, 2.45) is 4.99 Å². The van der Waals surface area contributed by atoms with E-state index < -0.39 is 0 Å². The van der Waals surface area contributed by atoms with Crippen LogP contribution < -0.4 is 0 Å². The van der Waals surface area contributed by atoms with Crippen molar-refractivity contribution in [1.29, 1.82) is 0 Å². The van der Waals surface area contributed by atoms with Crippen LogP contribution in [0.3, 0.4) is 0 Å². The van der Waals surface area contributed by atoms with E-state index in [1.165, 1.54) is 12.1 Å². The first-order valence-corrected chi connectivity index (χ1v) is 4.29. The molecule has 0 amide bonds. The molecule has 0 N–H and O–H groups in total. The van der Waals surface area contributed by atoms with Crippen LogP contribution >= 0.6 is 0 Å². The molecule has 1 aromatic rings. The molecule has 2 heteroatoms. The highest BCUT2D eigenvalue weighted by molar-refractivity contribution is 5.83. The lowest BCUT2D eigenvalue weighted by Gasteiger charge is -2.05. The van der Waals surface area contributed by atoms with E-state index in [-0.39, 0.29) is 5.82 Å². The Morgan fingerprint density at radius 1 is 1.15 bits per heavy atom. The monoisotopic (exact) mass is 179 g/mol. The van der Waals surface area contributed by atoms with E-state index in [1.54, 1.807) is 0 Å². The maximum absolute atomic E-state index is 12.9. The van der Waals surface area contributed by atoms with Crippen molar-refractivity contribution in [3.05, 3.63) is 29.1 Å². The summed E-state index contributed by atoms with van der Waals surface area (Å²) in [5.74, 6) is -0.192. The molecule has 0 aliphatic rings. The zero-order valence-corrected chi connectivity index (χ0v) is 8.48. The van der Waals surface area contributed by atoms with Gasteiger partial charge in [-0.15, -0.1) is 0 Å². The summed E-state index contributed by atoms with van der Waals surface area (Å²) in [6, 6.07) is 3.02. The van der Waals surface area contributed by atoms with Crippen molar-refractivity contribution < 1.29 is 4.39 Å². The molecule has 0 saturated carbocycles. The standard InChI is InChI=1S/C11H14FN/c1-7(2)13-11-8(3)5-10(12)6-9(11)4/h5-6H,1-4H3. The Bertz CT molecular complexity index is 326. The quantitative estimate of drug-likeness (QED) is 0.584. The predicted molar refractivity (Wildman–Crippen MR) is 54.3 cm³/mol. The van der Waals surface area contributed by atoms with Crippen LogP contribution in [0.15, 0.2) is 17.1 Å². The third kappa shape index (κ3) is 2.38. The van der Waals surface area contributed by atoms with E-state index in [1.807, 2.05) is 27.7 Å². The predicted octanol–water partition coefficient (Wildman–Crippen LogP) is 3.55. The van der Waals surface area contributed by atoms with Crippen LogP contribution in [0.5, 0.6) is 0 Å². The van der Waals surface area contributed by atoms with Gasteiger partial charge in [0.05, 0.1) is 5.69 Å². The lowest BCUT2D eigenvalue weighted by Crippen LogP contribution is -1.87. The summed E-state index contributed by atoms with van der Waals surface area (Å²) in [6.45, 7) is 7.61. The molecule has 0 bridgehead atoms. The Kier molecular flexibility index (Phi) is 2.81. The normalized spacial score (nSPS) is 9.92. The minimum absolute atomic E-state index is 0.192. The third-order valence-electron chi connectivity index (χ3n) is 1.79. The van der Waals surface area contributed by atoms with Gasteiger partial charge in [-0.05, 0) is 51.0 Å². The van der Waals surface area contributed by atoms with Crippen LogP contribution in [0, 0.1) is 19.7 Å². The maximum Gasteiger partial charge on any atom is 0.123 e. The number of aryl methyl sites for hydroxylation is 2. The van der Waals surface area contributed by atoms with Crippen molar-refractivity contribution in [1.82, 2.24) is 0 Å². The minimum Gasteiger partial charge on any atom is -0.258 e. The number of hydrogen-bond donors (Lipinski definition) is 0. The fourth-order valence-electron chi connectivity index (χ4n) is 1.30. The molecule has 0 radical (unpaired) electrons. The number of benzene rings is 1. The highest BCUT2D eigenvalue weighted by Gasteiger charge is 2.03. The summed E-state index contributed by atoms with van der Waals surface area (Å²) in [4.78, 5) is 4.35. The first-order valence-electron chi connectivity index (χ1n) is 4.29. The fourth-order valence-corrected chi connectivity index (χ4v) is 1.30. The van der Waals surface area contributed by atoms with Crippen LogP contribution in [-0.2, 0) is 0 Å². The van der Waals surface area contributed by atoms with E-state index in [4.69, 9.17) is 0 Å². The summed E-state index contributed by atoms with van der Waals surface area (Å²) in [6.07, 6.45) is 0. The van der Waals surface area contributed by atoms with Gasteiger partial charge in [0.2, 0.25) is 0 Å². The molecule has 0 fully saturated rings. The van der Waals surface area contributed by atoms with Gasteiger partial charge in [0, 0.05) is 5.71 Å². The number of nitrogens with zero attached hydrogens (tertiary/aromatic N) is 1. The molecular weight excluding hydrogens is 165 g/mol. The Hall–Kier alpha value is -1.18. The zero-order valence-electron chi connectivity index (χ0n) is 8.48. The number of halogens is 1. The number of hydrogen-bond acceptors (Lipinski definition) is 1. The van der Waals surface area contributed by atoms with Gasteiger partial charge in [-0.2, -0.15) is 0 Å². The van der Waals surface area contributed by atoms with E-state index >= 15 is 0 Å². The van der Waals surface area contributed by atoms with E-state index in [9.17, 15) is 4.39 Å². The summed E-state index contributed by atoms with van der Waals surface area (Å²) in [5.41, 5.74) is 3.65. The second-order valence-electron chi connectivity index (χ2n) is 3.45. The zero-order chi connectivity index (χ0) is 10.0. The highest BCUT2D eigenvalue weighted by atomic mass is 19.1. The molecular formula is C11H14FN. The highest BCUT2D eigenvalue weighted by Crippen LogP contribution is 2.24. The van der Waals surface area contributed by atoms with E-state index in [2.05, 4.69) is 4.99 Å². The lowest BCUT2D eigenvalue weighted by molar-refractivity contribution is 0.625. The number of rotatable bonds is 1. The lowest BCUT2D eigenvalue weighted by atomic mass is 10.1. The van der Waals surface area contributed by atoms with Gasteiger partial charge in [0.25, 0.3) is 0 Å². The molecule has 0 spiro atoms. The van der Waals surface area contributed by atoms with Gasteiger partial charge in [0.1, 0.15) is 5.82 Å². The molecule has 0 aliphatic carbocycles. The molecule has 0 saturated heterocycles. The van der Waals surface area contributed by atoms with Crippen molar-refractivity contribution in [3.63, 3.8) is 0 Å². The Labute approximate surface area is 78.3 Å². The van der Waals surface area contributed by atoms with Crippen LogP contribution in [0.25, 0.3) is 0 Å². The minimum atomic E-state index is -0.192. The summed E-state index contributed by atoms with van der Waals surface area (Å²) in [5, 5.41) is 0. The van der Waals surface area contributed by atoms with Crippen molar-refractivity contribution >= 4 is 11.4 Å². The van der Waals surface area contributed by atoms with Crippen molar-refractivity contribution in [2.45, 2.75) is 27.7 Å². The Morgan fingerprint density at radius 2 is 1.62 bits per heavy atom. The summed E-state index contributed by atoms with van der Waals surface area (Å²) < 4.78 is 12.9. The molecule has 0 aromatic heterocycles. The van der Waals surface area contributed by atoms with E-state index in [0.29, 0.717) is 0 Å². The largest absolute Gasteiger partial charge is 0.258 e. The molecule has 1 nitrogen and oxygen atoms in total. The molecule has 0 aliphatic heterocycles. The van der Waals surface area contributed by atoms with Gasteiger partial charge < -0.3 is 0 Å². The van der Waals surface area contributed by atoms with Gasteiger partial charge in [-0.3, -0.25) is 4.99 Å². The molecule has 0 heterocycles. The smallest absolute Gasteiger partial charge is 0.123 e. The molecule has 0 unspecified atom stereocenters. The molecule has 70 valence electrons. The first-order chi connectivity index (χ1) is 6.00. The topological polar surface area (TPSA) is 12.4 Å². The van der Waals surface area contributed by atoms with Crippen LogP contribution in [0.1, 0.15) is 25.0 Å². The van der Waals surface area contributed by atoms with Crippen molar-refractivity contribution in [2.75, 3.05) is 0 Å². The average Bonchev–Trinajstić information content (AvgIpc) is 1.96. The summed E-state index contributed by atoms with van der Waals surface area (Å²) >= 11 is 0. The first kappa shape index (κ1) is 9.90.